The number of fused-ring (bicyclic) bond motifs is 2. The molecule has 6 nitrogen and oxygen atoms in total. The first kappa shape index (κ1) is 20.2. The fraction of sp³-hybridized carbons (Fsp3) is 0.381. The Hall–Kier alpha value is -2.72. The Morgan fingerprint density at radius 1 is 1.29 bits per heavy atom. The van der Waals surface area contributed by atoms with Crippen molar-refractivity contribution in [3.63, 3.8) is 0 Å². The Labute approximate surface area is 179 Å². The molecule has 0 aliphatic carbocycles. The van der Waals surface area contributed by atoms with E-state index in [2.05, 4.69) is 15.2 Å². The van der Waals surface area contributed by atoms with Crippen molar-refractivity contribution in [2.75, 3.05) is 0 Å². The summed E-state index contributed by atoms with van der Waals surface area (Å²) in [5.41, 5.74) is -1.55. The summed E-state index contributed by atoms with van der Waals surface area (Å²) in [5.74, 6) is -0.155. The van der Waals surface area contributed by atoms with Crippen molar-refractivity contribution < 1.29 is 23.1 Å². The number of piperidine rings is 1. The number of rotatable bonds is 3. The summed E-state index contributed by atoms with van der Waals surface area (Å²) in [4.78, 5) is 19.8. The Morgan fingerprint density at radius 3 is 2.68 bits per heavy atom. The Morgan fingerprint density at radius 2 is 2.03 bits per heavy atom. The summed E-state index contributed by atoms with van der Waals surface area (Å²) >= 11 is 1.43. The number of alkyl halides is 3. The standard InChI is InChI=1S/C21H19F3N4O2S/c22-21(23,24)16-2-1-5-25-18(16)20(30)7-14-3-4-15(8-20)28(14)19(29)12-6-17(31-11-12)13-9-26-27-10-13/h1-2,5-6,9-11,14-15,30H,3-4,7-8H2,(H,26,27). The molecule has 5 rings (SSSR count). The summed E-state index contributed by atoms with van der Waals surface area (Å²) in [6.45, 7) is 0. The van der Waals surface area contributed by atoms with E-state index in [4.69, 9.17) is 0 Å². The Bertz CT molecular complexity index is 1100. The van der Waals surface area contributed by atoms with Crippen LogP contribution >= 0.6 is 11.3 Å². The number of carbonyl (C=O) groups is 1. The highest BCUT2D eigenvalue weighted by Crippen LogP contribution is 2.48. The molecule has 0 saturated carbocycles. The molecule has 2 fully saturated rings. The molecule has 3 aromatic rings. The molecule has 2 atom stereocenters. The lowest BCUT2D eigenvalue weighted by Crippen LogP contribution is -2.52. The second kappa shape index (κ2) is 7.16. The van der Waals surface area contributed by atoms with Gasteiger partial charge in [-0.2, -0.15) is 18.3 Å². The third-order valence-corrected chi connectivity index (χ3v) is 7.16. The van der Waals surface area contributed by atoms with E-state index in [0.29, 0.717) is 18.4 Å². The van der Waals surface area contributed by atoms with Gasteiger partial charge in [0, 0.05) is 53.1 Å². The number of aromatic amines is 1. The van der Waals surface area contributed by atoms with E-state index in [-0.39, 0.29) is 36.5 Å². The highest BCUT2D eigenvalue weighted by Gasteiger charge is 2.53. The van der Waals surface area contributed by atoms with Crippen molar-refractivity contribution in [1.29, 1.82) is 0 Å². The van der Waals surface area contributed by atoms with Gasteiger partial charge >= 0.3 is 6.18 Å². The van der Waals surface area contributed by atoms with Crippen LogP contribution in [0.3, 0.4) is 0 Å². The van der Waals surface area contributed by atoms with E-state index < -0.39 is 17.3 Å². The van der Waals surface area contributed by atoms with Crippen molar-refractivity contribution >= 4 is 17.2 Å². The molecule has 10 heteroatoms. The molecule has 2 aliphatic heterocycles. The molecule has 2 saturated heterocycles. The molecule has 2 aliphatic rings. The first-order valence-corrected chi connectivity index (χ1v) is 10.8. The zero-order valence-electron chi connectivity index (χ0n) is 16.3. The van der Waals surface area contributed by atoms with Gasteiger partial charge in [-0.15, -0.1) is 11.3 Å². The average Bonchev–Trinajstić information content (AvgIpc) is 3.46. The van der Waals surface area contributed by atoms with E-state index in [1.54, 1.807) is 28.7 Å². The lowest BCUT2D eigenvalue weighted by Gasteiger charge is -2.44. The fourth-order valence-electron chi connectivity index (χ4n) is 4.89. The summed E-state index contributed by atoms with van der Waals surface area (Å²) in [5, 5.41) is 19.7. The maximum atomic E-state index is 13.5. The average molecular weight is 448 g/mol. The molecule has 5 heterocycles. The largest absolute Gasteiger partial charge is 0.418 e. The second-order valence-electron chi connectivity index (χ2n) is 8.12. The van der Waals surface area contributed by atoms with Crippen LogP contribution in [0.2, 0.25) is 0 Å². The lowest BCUT2D eigenvalue weighted by atomic mass is 9.81. The minimum Gasteiger partial charge on any atom is -0.383 e. The van der Waals surface area contributed by atoms with Gasteiger partial charge in [-0.3, -0.25) is 14.9 Å². The van der Waals surface area contributed by atoms with Crippen LogP contribution in [0, 0.1) is 0 Å². The molecule has 1 amide bonds. The number of nitrogens with zero attached hydrogens (tertiary/aromatic N) is 3. The Balaban J connectivity index is 1.41. The molecule has 31 heavy (non-hydrogen) atoms. The molecule has 2 unspecified atom stereocenters. The van der Waals surface area contributed by atoms with Gasteiger partial charge in [-0.25, -0.2) is 0 Å². The molecule has 0 spiro atoms. The van der Waals surface area contributed by atoms with Gasteiger partial charge in [0.2, 0.25) is 0 Å². The zero-order chi connectivity index (χ0) is 21.8. The molecule has 3 aromatic heterocycles. The normalized spacial score (nSPS) is 25.7. The number of halogens is 3. The van der Waals surface area contributed by atoms with Gasteiger partial charge in [0.1, 0.15) is 5.60 Å². The predicted molar refractivity (Wildman–Crippen MR) is 107 cm³/mol. The molecule has 2 N–H and O–H groups in total. The molecule has 0 radical (unpaired) electrons. The number of amides is 1. The van der Waals surface area contributed by atoms with Crippen LogP contribution in [0.5, 0.6) is 0 Å². The number of H-pyrrole nitrogens is 1. The van der Waals surface area contributed by atoms with Crippen molar-refractivity contribution in [1.82, 2.24) is 20.1 Å². The maximum absolute atomic E-state index is 13.5. The highest BCUT2D eigenvalue weighted by atomic mass is 32.1. The van der Waals surface area contributed by atoms with Crippen LogP contribution in [0.25, 0.3) is 10.4 Å². The molecular formula is C21H19F3N4O2S. The first-order valence-electron chi connectivity index (χ1n) is 9.92. The summed E-state index contributed by atoms with van der Waals surface area (Å²) in [7, 11) is 0. The fourth-order valence-corrected chi connectivity index (χ4v) is 5.75. The van der Waals surface area contributed by atoms with Gasteiger partial charge in [0.25, 0.3) is 5.91 Å². The number of hydrogen-bond acceptors (Lipinski definition) is 5. The van der Waals surface area contributed by atoms with E-state index >= 15 is 0 Å². The summed E-state index contributed by atoms with van der Waals surface area (Å²) < 4.78 is 40.5. The summed E-state index contributed by atoms with van der Waals surface area (Å²) in [6.07, 6.45) is 1.45. The van der Waals surface area contributed by atoms with Crippen LogP contribution in [0.1, 0.15) is 47.3 Å². The van der Waals surface area contributed by atoms with Gasteiger partial charge in [0.05, 0.1) is 23.0 Å². The molecule has 162 valence electrons. The van der Waals surface area contributed by atoms with E-state index in [1.807, 2.05) is 0 Å². The number of nitrogens with one attached hydrogen (secondary N) is 1. The third kappa shape index (κ3) is 3.43. The van der Waals surface area contributed by atoms with Crippen molar-refractivity contribution in [2.45, 2.75) is 49.5 Å². The smallest absolute Gasteiger partial charge is 0.383 e. The highest BCUT2D eigenvalue weighted by molar-refractivity contribution is 7.13. The van der Waals surface area contributed by atoms with Gasteiger partial charge in [0.15, 0.2) is 0 Å². The van der Waals surface area contributed by atoms with Crippen molar-refractivity contribution in [3.05, 3.63) is 59.0 Å². The first-order chi connectivity index (χ1) is 14.8. The molecular weight excluding hydrogens is 429 g/mol. The van der Waals surface area contributed by atoms with Gasteiger partial charge in [-0.1, -0.05) is 0 Å². The van der Waals surface area contributed by atoms with Crippen LogP contribution in [0.15, 0.2) is 42.2 Å². The monoisotopic (exact) mass is 448 g/mol. The number of hydrogen-bond donors (Lipinski definition) is 2. The molecule has 0 aromatic carbocycles. The lowest BCUT2D eigenvalue weighted by molar-refractivity contribution is -0.143. The Kier molecular flexibility index (Phi) is 4.67. The van der Waals surface area contributed by atoms with Crippen LogP contribution < -0.4 is 0 Å². The van der Waals surface area contributed by atoms with Gasteiger partial charge < -0.3 is 10.0 Å². The maximum Gasteiger partial charge on any atom is 0.418 e. The number of thiophene rings is 1. The SMILES string of the molecule is O=C(c1csc(-c2cn[nH]c2)c1)N1C2CCC1CC(O)(c1ncccc1C(F)(F)F)C2. The quantitative estimate of drug-likeness (QED) is 0.629. The third-order valence-electron chi connectivity index (χ3n) is 6.18. The van der Waals surface area contributed by atoms with Crippen LogP contribution in [-0.2, 0) is 11.8 Å². The van der Waals surface area contributed by atoms with Crippen LogP contribution in [-0.4, -0.2) is 43.2 Å². The van der Waals surface area contributed by atoms with E-state index in [1.165, 1.54) is 23.6 Å². The van der Waals surface area contributed by atoms with Crippen LogP contribution in [0.4, 0.5) is 13.2 Å². The topological polar surface area (TPSA) is 82.1 Å². The number of aliphatic hydroxyl groups is 1. The number of pyridine rings is 1. The predicted octanol–water partition coefficient (Wildman–Crippen LogP) is 4.21. The van der Waals surface area contributed by atoms with Gasteiger partial charge in [-0.05, 0) is 31.0 Å². The van der Waals surface area contributed by atoms with E-state index in [0.717, 1.165) is 16.5 Å². The number of carbonyl (C=O) groups excluding carboxylic acids is 1. The van der Waals surface area contributed by atoms with Crippen molar-refractivity contribution in [3.8, 4) is 10.4 Å². The second-order valence-corrected chi connectivity index (χ2v) is 9.03. The minimum atomic E-state index is -4.61. The van der Waals surface area contributed by atoms with E-state index in [9.17, 15) is 23.1 Å². The minimum absolute atomic E-state index is 0.0358. The number of aromatic nitrogens is 3. The molecule has 2 bridgehead atoms. The van der Waals surface area contributed by atoms with Crippen molar-refractivity contribution in [2.24, 2.45) is 0 Å². The summed E-state index contributed by atoms with van der Waals surface area (Å²) in [6, 6.07) is 3.30. The zero-order valence-corrected chi connectivity index (χ0v) is 17.1.